The van der Waals surface area contributed by atoms with E-state index in [2.05, 4.69) is 5.32 Å². The minimum Gasteiger partial charge on any atom is -0.465 e. The average molecular weight is 379 g/mol. The normalized spacial score (nSPS) is 11.4. The van der Waals surface area contributed by atoms with Crippen LogP contribution >= 0.6 is 11.3 Å². The Kier molecular flexibility index (Phi) is 4.69. The van der Waals surface area contributed by atoms with Crippen molar-refractivity contribution < 1.29 is 27.5 Å². The first-order chi connectivity index (χ1) is 12.3. The number of carbonyl (C=O) groups is 2. The largest absolute Gasteiger partial charge is 0.465 e. The van der Waals surface area contributed by atoms with Crippen molar-refractivity contribution in [2.24, 2.45) is 0 Å². The molecule has 4 nitrogen and oxygen atoms in total. The SMILES string of the molecule is COC(=O)c1sc2ccccc2c1NC(=O)c1cccc(C(F)(F)F)c1. The van der Waals surface area contributed by atoms with Crippen molar-refractivity contribution in [3.63, 3.8) is 0 Å². The minimum atomic E-state index is -4.55. The second-order valence-corrected chi connectivity index (χ2v) is 6.38. The van der Waals surface area contributed by atoms with Crippen LogP contribution in [0.15, 0.2) is 48.5 Å². The molecule has 0 bridgehead atoms. The summed E-state index contributed by atoms with van der Waals surface area (Å²) >= 11 is 1.13. The molecule has 0 spiro atoms. The standard InChI is InChI=1S/C18H12F3NO3S/c1-25-17(24)15-14(12-7-2-3-8-13(12)26-15)22-16(23)10-5-4-6-11(9-10)18(19,20)21/h2-9H,1H3,(H,22,23). The van der Waals surface area contributed by atoms with Gasteiger partial charge in [-0.3, -0.25) is 4.79 Å². The molecule has 1 amide bonds. The summed E-state index contributed by atoms with van der Waals surface area (Å²) in [4.78, 5) is 24.6. The van der Waals surface area contributed by atoms with Crippen molar-refractivity contribution in [2.45, 2.75) is 6.18 Å². The number of halogens is 3. The van der Waals surface area contributed by atoms with Gasteiger partial charge in [-0.15, -0.1) is 11.3 Å². The van der Waals surface area contributed by atoms with Crippen LogP contribution in [0, 0.1) is 0 Å². The number of carbonyl (C=O) groups excluding carboxylic acids is 2. The lowest BCUT2D eigenvalue weighted by atomic mass is 10.1. The molecule has 3 rings (SSSR count). The molecule has 1 aromatic heterocycles. The van der Waals surface area contributed by atoms with Crippen molar-refractivity contribution in [3.8, 4) is 0 Å². The first kappa shape index (κ1) is 17.9. The number of thiophene rings is 1. The number of anilines is 1. The van der Waals surface area contributed by atoms with Crippen LogP contribution in [0.2, 0.25) is 0 Å². The van der Waals surface area contributed by atoms with Crippen LogP contribution in [0.25, 0.3) is 10.1 Å². The lowest BCUT2D eigenvalue weighted by Gasteiger charge is -2.10. The molecule has 26 heavy (non-hydrogen) atoms. The maximum Gasteiger partial charge on any atom is 0.416 e. The number of esters is 1. The molecule has 0 aliphatic carbocycles. The van der Waals surface area contributed by atoms with E-state index in [-0.39, 0.29) is 16.1 Å². The van der Waals surface area contributed by atoms with Crippen LogP contribution in [0.1, 0.15) is 25.6 Å². The number of methoxy groups -OCH3 is 1. The molecule has 3 aromatic rings. The monoisotopic (exact) mass is 379 g/mol. The van der Waals surface area contributed by atoms with Gasteiger partial charge in [0.1, 0.15) is 4.88 Å². The Hall–Kier alpha value is -2.87. The number of rotatable bonds is 3. The molecule has 0 fully saturated rings. The number of benzene rings is 2. The topological polar surface area (TPSA) is 55.4 Å². The summed E-state index contributed by atoms with van der Waals surface area (Å²) in [5, 5.41) is 3.16. The first-order valence-electron chi connectivity index (χ1n) is 7.39. The first-order valence-corrected chi connectivity index (χ1v) is 8.21. The van der Waals surface area contributed by atoms with E-state index < -0.39 is 23.6 Å². The number of fused-ring (bicyclic) bond motifs is 1. The Morgan fingerprint density at radius 2 is 1.81 bits per heavy atom. The number of hydrogen-bond donors (Lipinski definition) is 1. The zero-order chi connectivity index (χ0) is 18.9. The van der Waals surface area contributed by atoms with Gasteiger partial charge in [0.05, 0.1) is 18.4 Å². The van der Waals surface area contributed by atoms with Crippen molar-refractivity contribution in [1.82, 2.24) is 0 Å². The van der Waals surface area contributed by atoms with Crippen LogP contribution in [0.5, 0.6) is 0 Å². The predicted molar refractivity (Wildman–Crippen MR) is 92.6 cm³/mol. The number of ether oxygens (including phenoxy) is 1. The highest BCUT2D eigenvalue weighted by molar-refractivity contribution is 7.21. The molecular weight excluding hydrogens is 367 g/mol. The number of amides is 1. The van der Waals surface area contributed by atoms with Gasteiger partial charge in [-0.2, -0.15) is 13.2 Å². The maximum absolute atomic E-state index is 12.8. The quantitative estimate of drug-likeness (QED) is 0.655. The fourth-order valence-electron chi connectivity index (χ4n) is 2.43. The summed E-state index contributed by atoms with van der Waals surface area (Å²) < 4.78 is 44.0. The van der Waals surface area contributed by atoms with Crippen molar-refractivity contribution in [3.05, 3.63) is 64.5 Å². The fourth-order valence-corrected chi connectivity index (χ4v) is 3.50. The van der Waals surface area contributed by atoms with Gasteiger partial charge in [0.25, 0.3) is 5.91 Å². The number of nitrogens with one attached hydrogen (secondary N) is 1. The molecule has 1 heterocycles. The van der Waals surface area contributed by atoms with Crippen molar-refractivity contribution in [2.75, 3.05) is 12.4 Å². The van der Waals surface area contributed by atoms with E-state index in [0.29, 0.717) is 5.39 Å². The van der Waals surface area contributed by atoms with Gasteiger partial charge < -0.3 is 10.1 Å². The fraction of sp³-hybridized carbons (Fsp3) is 0.111. The molecule has 0 aliphatic heterocycles. The van der Waals surface area contributed by atoms with Gasteiger partial charge in [-0.25, -0.2) is 4.79 Å². The summed E-state index contributed by atoms with van der Waals surface area (Å²) in [6.07, 6.45) is -4.55. The van der Waals surface area contributed by atoms with Gasteiger partial charge in [0.2, 0.25) is 0 Å². The Morgan fingerprint density at radius 1 is 1.08 bits per heavy atom. The molecule has 134 valence electrons. The highest BCUT2D eigenvalue weighted by Gasteiger charge is 2.31. The molecule has 0 atom stereocenters. The third kappa shape index (κ3) is 3.41. The second-order valence-electron chi connectivity index (χ2n) is 5.33. The molecule has 0 aliphatic rings. The van der Waals surface area contributed by atoms with E-state index in [1.165, 1.54) is 13.2 Å². The zero-order valence-electron chi connectivity index (χ0n) is 13.4. The molecule has 0 saturated carbocycles. The van der Waals surface area contributed by atoms with Crippen LogP contribution in [-0.4, -0.2) is 19.0 Å². The van der Waals surface area contributed by atoms with Crippen LogP contribution < -0.4 is 5.32 Å². The van der Waals surface area contributed by atoms with E-state index in [0.717, 1.165) is 34.2 Å². The van der Waals surface area contributed by atoms with E-state index in [1.807, 2.05) is 0 Å². The highest BCUT2D eigenvalue weighted by atomic mass is 32.1. The summed E-state index contributed by atoms with van der Waals surface area (Å²) in [7, 11) is 1.21. The van der Waals surface area contributed by atoms with Gasteiger partial charge in [0.15, 0.2) is 0 Å². The van der Waals surface area contributed by atoms with Gasteiger partial charge in [-0.05, 0) is 24.3 Å². The Morgan fingerprint density at radius 3 is 2.50 bits per heavy atom. The van der Waals surface area contributed by atoms with Crippen molar-refractivity contribution >= 4 is 39.0 Å². The second kappa shape index (κ2) is 6.80. The van der Waals surface area contributed by atoms with E-state index in [9.17, 15) is 22.8 Å². The van der Waals surface area contributed by atoms with Crippen LogP contribution in [0.3, 0.4) is 0 Å². The molecule has 0 radical (unpaired) electrons. The van der Waals surface area contributed by atoms with Crippen LogP contribution in [0.4, 0.5) is 18.9 Å². The summed E-state index contributed by atoms with van der Waals surface area (Å²) in [6.45, 7) is 0. The number of alkyl halides is 3. The van der Waals surface area contributed by atoms with Gasteiger partial charge >= 0.3 is 12.1 Å². The lowest BCUT2D eigenvalue weighted by Crippen LogP contribution is -2.15. The molecular formula is C18H12F3NO3S. The molecule has 0 unspecified atom stereocenters. The Labute approximate surface area is 150 Å². The third-order valence-corrected chi connectivity index (χ3v) is 4.81. The lowest BCUT2D eigenvalue weighted by molar-refractivity contribution is -0.137. The van der Waals surface area contributed by atoms with Gasteiger partial charge in [0, 0.05) is 15.6 Å². The third-order valence-electron chi connectivity index (χ3n) is 3.66. The smallest absolute Gasteiger partial charge is 0.416 e. The van der Waals surface area contributed by atoms with E-state index >= 15 is 0 Å². The van der Waals surface area contributed by atoms with Gasteiger partial charge in [-0.1, -0.05) is 24.3 Å². The summed E-state index contributed by atoms with van der Waals surface area (Å²) in [6, 6.07) is 11.1. The average Bonchev–Trinajstić information content (AvgIpc) is 2.99. The van der Waals surface area contributed by atoms with Crippen LogP contribution in [-0.2, 0) is 10.9 Å². The summed E-state index contributed by atoms with van der Waals surface area (Å²) in [5.41, 5.74) is -0.862. The molecule has 1 N–H and O–H groups in total. The predicted octanol–water partition coefficient (Wildman–Crippen LogP) is 4.96. The molecule has 8 heteroatoms. The highest BCUT2D eigenvalue weighted by Crippen LogP contribution is 2.36. The number of hydrogen-bond acceptors (Lipinski definition) is 4. The van der Waals surface area contributed by atoms with E-state index in [4.69, 9.17) is 4.74 Å². The van der Waals surface area contributed by atoms with Crippen molar-refractivity contribution in [1.29, 1.82) is 0 Å². The summed E-state index contributed by atoms with van der Waals surface area (Å²) in [5.74, 6) is -1.38. The zero-order valence-corrected chi connectivity index (χ0v) is 14.2. The maximum atomic E-state index is 12.8. The van der Waals surface area contributed by atoms with E-state index in [1.54, 1.807) is 24.3 Å². The Bertz CT molecular complexity index is 995. The molecule has 2 aromatic carbocycles. The Balaban J connectivity index is 2.01. The molecule has 0 saturated heterocycles. The minimum absolute atomic E-state index is 0.161.